The van der Waals surface area contributed by atoms with Gasteiger partial charge in [0.05, 0.1) is 13.2 Å². The van der Waals surface area contributed by atoms with Crippen LogP contribution in [-0.2, 0) is 0 Å². The topological polar surface area (TPSA) is 41.5 Å². The second-order valence-corrected chi connectivity index (χ2v) is 4.93. The number of hydrogen-bond acceptors (Lipinski definition) is 3. The van der Waals surface area contributed by atoms with E-state index in [0.717, 1.165) is 25.3 Å². The maximum atomic E-state index is 8.61. The molecule has 1 aromatic rings. The van der Waals surface area contributed by atoms with Crippen molar-refractivity contribution < 1.29 is 9.84 Å². The SMILES string of the molecule is Cc1cccc(OCCCCCCNCCO)c1C. The molecule has 0 saturated heterocycles. The summed E-state index contributed by atoms with van der Waals surface area (Å²) in [6.45, 7) is 6.95. The van der Waals surface area contributed by atoms with E-state index in [1.807, 2.05) is 12.1 Å². The number of benzene rings is 1. The fraction of sp³-hybridized carbons (Fsp3) is 0.625. The monoisotopic (exact) mass is 265 g/mol. The number of aliphatic hydroxyl groups is 1. The molecule has 108 valence electrons. The molecule has 0 amide bonds. The van der Waals surface area contributed by atoms with Crippen molar-refractivity contribution in [3.63, 3.8) is 0 Å². The molecular weight excluding hydrogens is 238 g/mol. The molecule has 0 unspecified atom stereocenters. The summed E-state index contributed by atoms with van der Waals surface area (Å²) in [6, 6.07) is 6.20. The van der Waals surface area contributed by atoms with Crippen molar-refractivity contribution in [2.75, 3.05) is 26.3 Å². The molecule has 0 heterocycles. The van der Waals surface area contributed by atoms with Crippen LogP contribution < -0.4 is 10.1 Å². The largest absolute Gasteiger partial charge is 0.493 e. The first kappa shape index (κ1) is 16.0. The average molecular weight is 265 g/mol. The highest BCUT2D eigenvalue weighted by Gasteiger charge is 2.00. The molecule has 0 saturated carbocycles. The lowest BCUT2D eigenvalue weighted by Gasteiger charge is -2.10. The van der Waals surface area contributed by atoms with Gasteiger partial charge in [0.1, 0.15) is 5.75 Å². The second-order valence-electron chi connectivity index (χ2n) is 4.93. The summed E-state index contributed by atoms with van der Waals surface area (Å²) < 4.78 is 5.81. The summed E-state index contributed by atoms with van der Waals surface area (Å²) in [6.07, 6.45) is 4.69. The average Bonchev–Trinajstić information content (AvgIpc) is 2.41. The lowest BCUT2D eigenvalue weighted by Crippen LogP contribution is -2.19. The first-order chi connectivity index (χ1) is 9.25. The first-order valence-electron chi connectivity index (χ1n) is 7.26. The molecule has 0 spiro atoms. The second kappa shape index (κ2) is 9.82. The van der Waals surface area contributed by atoms with Gasteiger partial charge >= 0.3 is 0 Å². The summed E-state index contributed by atoms with van der Waals surface area (Å²) >= 11 is 0. The number of nitrogens with one attached hydrogen (secondary N) is 1. The number of aryl methyl sites for hydroxylation is 1. The summed E-state index contributed by atoms with van der Waals surface area (Å²) in [5.41, 5.74) is 2.53. The van der Waals surface area contributed by atoms with Crippen molar-refractivity contribution in [3.8, 4) is 5.75 Å². The highest BCUT2D eigenvalue weighted by atomic mass is 16.5. The Labute approximate surface area is 117 Å². The standard InChI is InChI=1S/C16H27NO2/c1-14-8-7-9-16(15(14)2)19-13-6-4-3-5-10-17-11-12-18/h7-9,17-18H,3-6,10-13H2,1-2H3. The van der Waals surface area contributed by atoms with E-state index < -0.39 is 0 Å². The molecule has 19 heavy (non-hydrogen) atoms. The van der Waals surface area contributed by atoms with E-state index in [9.17, 15) is 0 Å². The molecule has 0 aromatic heterocycles. The Morgan fingerprint density at radius 1 is 1.05 bits per heavy atom. The van der Waals surface area contributed by atoms with E-state index in [4.69, 9.17) is 9.84 Å². The number of aliphatic hydroxyl groups excluding tert-OH is 1. The zero-order valence-corrected chi connectivity index (χ0v) is 12.2. The maximum absolute atomic E-state index is 8.61. The fourth-order valence-electron chi connectivity index (χ4n) is 1.97. The van der Waals surface area contributed by atoms with E-state index in [1.54, 1.807) is 0 Å². The van der Waals surface area contributed by atoms with Gasteiger partial charge in [-0.05, 0) is 50.4 Å². The minimum atomic E-state index is 0.226. The quantitative estimate of drug-likeness (QED) is 0.639. The zero-order chi connectivity index (χ0) is 13.9. The molecule has 3 nitrogen and oxygen atoms in total. The van der Waals surface area contributed by atoms with Gasteiger partial charge in [-0.25, -0.2) is 0 Å². The van der Waals surface area contributed by atoms with Crippen LogP contribution in [0, 0.1) is 13.8 Å². The van der Waals surface area contributed by atoms with E-state index in [2.05, 4.69) is 25.2 Å². The third-order valence-electron chi connectivity index (χ3n) is 3.35. The molecule has 0 atom stereocenters. The van der Waals surface area contributed by atoms with Gasteiger partial charge in [0, 0.05) is 6.54 Å². The first-order valence-corrected chi connectivity index (χ1v) is 7.26. The Morgan fingerprint density at radius 3 is 2.63 bits per heavy atom. The maximum Gasteiger partial charge on any atom is 0.122 e. The van der Waals surface area contributed by atoms with Gasteiger partial charge < -0.3 is 15.2 Å². The molecule has 1 aromatic carbocycles. The van der Waals surface area contributed by atoms with Gasteiger partial charge in [0.2, 0.25) is 0 Å². The highest BCUT2D eigenvalue weighted by molar-refractivity contribution is 5.38. The molecule has 2 N–H and O–H groups in total. The molecule has 0 aliphatic heterocycles. The molecule has 1 rings (SSSR count). The van der Waals surface area contributed by atoms with Crippen molar-refractivity contribution in [2.24, 2.45) is 0 Å². The van der Waals surface area contributed by atoms with Gasteiger partial charge in [0.15, 0.2) is 0 Å². The Bertz CT molecular complexity index is 353. The molecule has 0 aliphatic carbocycles. The Hall–Kier alpha value is -1.06. The summed E-state index contributed by atoms with van der Waals surface area (Å²) in [4.78, 5) is 0. The Morgan fingerprint density at radius 2 is 1.84 bits per heavy atom. The Kier molecular flexibility index (Phi) is 8.26. The predicted molar refractivity (Wildman–Crippen MR) is 79.8 cm³/mol. The van der Waals surface area contributed by atoms with Crippen LogP contribution in [0.1, 0.15) is 36.8 Å². The smallest absolute Gasteiger partial charge is 0.122 e. The van der Waals surface area contributed by atoms with E-state index in [0.29, 0.717) is 6.54 Å². The van der Waals surface area contributed by atoms with E-state index in [-0.39, 0.29) is 6.61 Å². The van der Waals surface area contributed by atoms with Crippen LogP contribution in [0.5, 0.6) is 5.75 Å². The fourth-order valence-corrected chi connectivity index (χ4v) is 1.97. The van der Waals surface area contributed by atoms with Gasteiger partial charge in [-0.1, -0.05) is 25.0 Å². The van der Waals surface area contributed by atoms with Crippen molar-refractivity contribution in [1.82, 2.24) is 5.32 Å². The van der Waals surface area contributed by atoms with Crippen molar-refractivity contribution in [1.29, 1.82) is 0 Å². The number of rotatable bonds is 10. The van der Waals surface area contributed by atoms with Gasteiger partial charge in [-0.3, -0.25) is 0 Å². The van der Waals surface area contributed by atoms with Crippen molar-refractivity contribution >= 4 is 0 Å². The van der Waals surface area contributed by atoms with Crippen LogP contribution in [0.25, 0.3) is 0 Å². The minimum absolute atomic E-state index is 0.226. The minimum Gasteiger partial charge on any atom is -0.493 e. The van der Waals surface area contributed by atoms with Crippen LogP contribution in [0.4, 0.5) is 0 Å². The number of hydrogen-bond donors (Lipinski definition) is 2. The van der Waals surface area contributed by atoms with Crippen molar-refractivity contribution in [2.45, 2.75) is 39.5 Å². The molecule has 0 radical (unpaired) electrons. The van der Waals surface area contributed by atoms with Crippen LogP contribution in [0.3, 0.4) is 0 Å². The lowest BCUT2D eigenvalue weighted by molar-refractivity contribution is 0.290. The predicted octanol–water partition coefficient (Wildman–Crippen LogP) is 2.82. The molecule has 3 heteroatoms. The number of unbranched alkanes of at least 4 members (excludes halogenated alkanes) is 3. The van der Waals surface area contributed by atoms with Crippen LogP contribution in [0.2, 0.25) is 0 Å². The number of ether oxygens (including phenoxy) is 1. The van der Waals surface area contributed by atoms with Gasteiger partial charge in [-0.2, -0.15) is 0 Å². The molecule has 0 aliphatic rings. The lowest BCUT2D eigenvalue weighted by atomic mass is 10.1. The molecule has 0 fully saturated rings. The summed E-state index contributed by atoms with van der Waals surface area (Å²) in [7, 11) is 0. The molecule has 0 bridgehead atoms. The van der Waals surface area contributed by atoms with Gasteiger partial charge in [0.25, 0.3) is 0 Å². The van der Waals surface area contributed by atoms with Crippen LogP contribution in [-0.4, -0.2) is 31.4 Å². The van der Waals surface area contributed by atoms with Crippen LogP contribution in [0.15, 0.2) is 18.2 Å². The van der Waals surface area contributed by atoms with Gasteiger partial charge in [-0.15, -0.1) is 0 Å². The van der Waals surface area contributed by atoms with Crippen molar-refractivity contribution in [3.05, 3.63) is 29.3 Å². The van der Waals surface area contributed by atoms with Crippen LogP contribution >= 0.6 is 0 Å². The third-order valence-corrected chi connectivity index (χ3v) is 3.35. The normalized spacial score (nSPS) is 10.7. The zero-order valence-electron chi connectivity index (χ0n) is 12.2. The van der Waals surface area contributed by atoms with E-state index >= 15 is 0 Å². The summed E-state index contributed by atoms with van der Waals surface area (Å²) in [5, 5.41) is 11.8. The highest BCUT2D eigenvalue weighted by Crippen LogP contribution is 2.20. The molecular formula is C16H27NO2. The Balaban J connectivity index is 2.03. The summed E-state index contributed by atoms with van der Waals surface area (Å²) in [5.74, 6) is 1.02. The third kappa shape index (κ3) is 6.60. The van der Waals surface area contributed by atoms with E-state index in [1.165, 1.54) is 30.4 Å².